The fraction of sp³-hybridized carbons (Fsp3) is 0.400. The summed E-state index contributed by atoms with van der Waals surface area (Å²) in [6, 6.07) is 0. The van der Waals surface area contributed by atoms with Gasteiger partial charge in [-0.3, -0.25) is 4.79 Å². The minimum Gasteiger partial charge on any atom is -0.295 e. The van der Waals surface area contributed by atoms with Crippen LogP contribution >= 0.6 is 11.3 Å². The Kier molecular flexibility index (Phi) is 2.54. The van der Waals surface area contributed by atoms with E-state index in [9.17, 15) is 4.79 Å². The fourth-order valence-electron chi connectivity index (χ4n) is 1.53. The maximum Gasteiger partial charge on any atom is 0.156 e. The molecule has 1 heterocycles. The van der Waals surface area contributed by atoms with Gasteiger partial charge in [-0.1, -0.05) is 0 Å². The van der Waals surface area contributed by atoms with E-state index in [-0.39, 0.29) is 5.78 Å². The highest BCUT2D eigenvalue weighted by Crippen LogP contribution is 2.24. The number of ketones is 1. The first kappa shape index (κ1) is 8.63. The van der Waals surface area contributed by atoms with E-state index in [4.69, 9.17) is 0 Å². The van der Waals surface area contributed by atoms with Crippen molar-refractivity contribution in [3.63, 3.8) is 0 Å². The average molecular weight is 193 g/mol. The molecule has 0 aliphatic heterocycles. The Labute approximate surface area is 81.3 Å². The molecule has 0 N–H and O–H groups in total. The van der Waals surface area contributed by atoms with Crippen LogP contribution in [0.2, 0.25) is 0 Å². The number of carbonyl (C=O) groups excluding carboxylic acids is 1. The zero-order valence-corrected chi connectivity index (χ0v) is 8.14. The van der Waals surface area contributed by atoms with Gasteiger partial charge in [-0.2, -0.15) is 0 Å². The number of aromatic nitrogens is 1. The zero-order chi connectivity index (χ0) is 9.10. The van der Waals surface area contributed by atoms with Gasteiger partial charge in [0.2, 0.25) is 0 Å². The third-order valence-electron chi connectivity index (χ3n) is 2.22. The lowest BCUT2D eigenvalue weighted by atomic mass is 10.1. The van der Waals surface area contributed by atoms with Gasteiger partial charge in [-0.15, -0.1) is 11.3 Å². The summed E-state index contributed by atoms with van der Waals surface area (Å²) >= 11 is 1.58. The van der Waals surface area contributed by atoms with Gasteiger partial charge >= 0.3 is 0 Å². The molecule has 0 saturated carbocycles. The number of rotatable bonds is 1. The molecule has 1 aromatic rings. The van der Waals surface area contributed by atoms with E-state index in [2.05, 4.69) is 4.98 Å². The van der Waals surface area contributed by atoms with E-state index in [1.54, 1.807) is 17.4 Å². The van der Waals surface area contributed by atoms with Gasteiger partial charge in [-0.05, 0) is 30.9 Å². The second kappa shape index (κ2) is 3.83. The Balaban J connectivity index is 2.26. The maximum atomic E-state index is 11.3. The highest BCUT2D eigenvalue weighted by Gasteiger charge is 2.10. The molecule has 1 aromatic heterocycles. The lowest BCUT2D eigenvalue weighted by Crippen LogP contribution is -1.90. The molecule has 0 bridgehead atoms. The molecule has 0 radical (unpaired) electrons. The van der Waals surface area contributed by atoms with Crippen molar-refractivity contribution >= 4 is 22.7 Å². The van der Waals surface area contributed by atoms with Crippen molar-refractivity contribution in [2.75, 3.05) is 0 Å². The summed E-state index contributed by atoms with van der Waals surface area (Å²) in [6.45, 7) is 0. The SMILES string of the molecule is O=C1C=C(c2cscn2)CCCC1. The molecule has 0 unspecified atom stereocenters. The summed E-state index contributed by atoms with van der Waals surface area (Å²) in [5, 5.41) is 2.00. The van der Waals surface area contributed by atoms with E-state index in [1.165, 1.54) is 0 Å². The predicted molar refractivity (Wildman–Crippen MR) is 53.6 cm³/mol. The molecule has 2 nitrogen and oxygen atoms in total. The van der Waals surface area contributed by atoms with E-state index < -0.39 is 0 Å². The normalized spacial score (nSPS) is 18.2. The van der Waals surface area contributed by atoms with Gasteiger partial charge in [0.05, 0.1) is 11.2 Å². The molecule has 2 rings (SSSR count). The highest BCUT2D eigenvalue weighted by molar-refractivity contribution is 7.07. The van der Waals surface area contributed by atoms with E-state index in [1.807, 2.05) is 10.9 Å². The Bertz CT molecular complexity index is 327. The number of hydrogen-bond acceptors (Lipinski definition) is 3. The second-order valence-electron chi connectivity index (χ2n) is 3.22. The van der Waals surface area contributed by atoms with Gasteiger partial charge < -0.3 is 0 Å². The predicted octanol–water partition coefficient (Wildman–Crippen LogP) is 2.67. The smallest absolute Gasteiger partial charge is 0.156 e. The number of carbonyl (C=O) groups is 1. The summed E-state index contributed by atoms with van der Waals surface area (Å²) in [4.78, 5) is 15.5. The average Bonchev–Trinajstić information content (AvgIpc) is 2.56. The van der Waals surface area contributed by atoms with Crippen molar-refractivity contribution in [1.29, 1.82) is 0 Å². The third-order valence-corrected chi connectivity index (χ3v) is 2.80. The van der Waals surface area contributed by atoms with Crippen LogP contribution < -0.4 is 0 Å². The van der Waals surface area contributed by atoms with E-state index in [0.717, 1.165) is 30.5 Å². The molecule has 3 heteroatoms. The summed E-state index contributed by atoms with van der Waals surface area (Å²) in [5.41, 5.74) is 3.91. The Hall–Kier alpha value is -0.960. The van der Waals surface area contributed by atoms with Crippen LogP contribution in [0, 0.1) is 0 Å². The summed E-state index contributed by atoms with van der Waals surface area (Å²) in [7, 11) is 0. The topological polar surface area (TPSA) is 30.0 Å². The molecule has 0 saturated heterocycles. The fourth-order valence-corrected chi connectivity index (χ4v) is 2.10. The van der Waals surface area contributed by atoms with Crippen molar-refractivity contribution in [1.82, 2.24) is 4.98 Å². The van der Waals surface area contributed by atoms with Gasteiger partial charge in [0.1, 0.15) is 0 Å². The standard InChI is InChI=1S/C10H11NOS/c12-9-4-2-1-3-8(5-9)10-6-13-7-11-10/h5-7H,1-4H2. The van der Waals surface area contributed by atoms with Crippen molar-refractivity contribution in [3.05, 3.63) is 22.7 Å². The number of thiazole rings is 1. The Morgan fingerprint density at radius 1 is 1.31 bits per heavy atom. The molecule has 0 spiro atoms. The number of hydrogen-bond donors (Lipinski definition) is 0. The molecule has 1 aliphatic rings. The third kappa shape index (κ3) is 2.04. The van der Waals surface area contributed by atoms with Crippen LogP contribution in [0.1, 0.15) is 31.4 Å². The molecule has 13 heavy (non-hydrogen) atoms. The Morgan fingerprint density at radius 3 is 2.92 bits per heavy atom. The molecular formula is C10H11NOS. The van der Waals surface area contributed by atoms with Crippen LogP contribution in [0.4, 0.5) is 0 Å². The molecule has 0 amide bonds. The van der Waals surface area contributed by atoms with Crippen molar-refractivity contribution < 1.29 is 4.79 Å². The minimum atomic E-state index is 0.250. The van der Waals surface area contributed by atoms with Gasteiger partial charge in [-0.25, -0.2) is 4.98 Å². The second-order valence-corrected chi connectivity index (χ2v) is 3.94. The van der Waals surface area contributed by atoms with Crippen molar-refractivity contribution in [3.8, 4) is 0 Å². The van der Waals surface area contributed by atoms with Crippen LogP contribution in [0.3, 0.4) is 0 Å². The first-order chi connectivity index (χ1) is 6.36. The van der Waals surface area contributed by atoms with Gasteiger partial charge in [0, 0.05) is 11.8 Å². The first-order valence-corrected chi connectivity index (χ1v) is 5.42. The quantitative estimate of drug-likeness (QED) is 0.686. The van der Waals surface area contributed by atoms with E-state index >= 15 is 0 Å². The molecular weight excluding hydrogens is 182 g/mol. The summed E-state index contributed by atoms with van der Waals surface area (Å²) < 4.78 is 0. The van der Waals surface area contributed by atoms with Crippen LogP contribution in [-0.2, 0) is 4.79 Å². The van der Waals surface area contributed by atoms with Crippen molar-refractivity contribution in [2.45, 2.75) is 25.7 Å². The largest absolute Gasteiger partial charge is 0.295 e. The molecule has 1 aliphatic carbocycles. The Morgan fingerprint density at radius 2 is 2.15 bits per heavy atom. The summed E-state index contributed by atoms with van der Waals surface area (Å²) in [5.74, 6) is 0.250. The van der Waals surface area contributed by atoms with Crippen LogP contribution in [0.15, 0.2) is 17.0 Å². The van der Waals surface area contributed by atoms with Crippen molar-refractivity contribution in [2.24, 2.45) is 0 Å². The monoisotopic (exact) mass is 193 g/mol. The lowest BCUT2D eigenvalue weighted by molar-refractivity contribution is -0.114. The minimum absolute atomic E-state index is 0.250. The molecule has 0 fully saturated rings. The lowest BCUT2D eigenvalue weighted by Gasteiger charge is -1.98. The molecule has 0 atom stereocenters. The van der Waals surface area contributed by atoms with Crippen LogP contribution in [-0.4, -0.2) is 10.8 Å². The number of nitrogens with zero attached hydrogens (tertiary/aromatic N) is 1. The maximum absolute atomic E-state index is 11.3. The molecule has 68 valence electrons. The van der Waals surface area contributed by atoms with E-state index in [0.29, 0.717) is 6.42 Å². The van der Waals surface area contributed by atoms with Crippen LogP contribution in [0.5, 0.6) is 0 Å². The summed E-state index contributed by atoms with van der Waals surface area (Å²) in [6.07, 6.45) is 5.59. The van der Waals surface area contributed by atoms with Crippen LogP contribution in [0.25, 0.3) is 5.57 Å². The van der Waals surface area contributed by atoms with Gasteiger partial charge in [0.15, 0.2) is 5.78 Å². The molecule has 0 aromatic carbocycles. The highest BCUT2D eigenvalue weighted by atomic mass is 32.1. The zero-order valence-electron chi connectivity index (χ0n) is 7.32. The van der Waals surface area contributed by atoms with Gasteiger partial charge in [0.25, 0.3) is 0 Å². The number of allylic oxidation sites excluding steroid dienone is 2. The first-order valence-electron chi connectivity index (χ1n) is 4.48.